The Morgan fingerprint density at radius 2 is 1.41 bits per heavy atom. The molecule has 4 atom stereocenters. The van der Waals surface area contributed by atoms with Gasteiger partial charge in [0.05, 0.1) is 12.6 Å². The molecule has 0 bridgehead atoms. The maximum Gasteiger partial charge on any atom is 0.328 e. The van der Waals surface area contributed by atoms with Gasteiger partial charge < -0.3 is 37.0 Å². The van der Waals surface area contributed by atoms with Crippen molar-refractivity contribution in [3.05, 3.63) is 0 Å². The number of carbonyl (C=O) groups is 5. The predicted molar refractivity (Wildman–Crippen MR) is 100 cm³/mol. The average Bonchev–Trinajstić information content (AvgIpc) is 2.62. The fourth-order valence-corrected chi connectivity index (χ4v) is 2.25. The molecule has 0 heterocycles. The van der Waals surface area contributed by atoms with Gasteiger partial charge in [-0.3, -0.25) is 19.2 Å². The molecule has 0 aliphatic rings. The van der Waals surface area contributed by atoms with Gasteiger partial charge in [-0.05, 0) is 25.7 Å². The van der Waals surface area contributed by atoms with Gasteiger partial charge in [0, 0.05) is 6.42 Å². The zero-order valence-corrected chi connectivity index (χ0v) is 16.7. The minimum atomic E-state index is -1.52. The van der Waals surface area contributed by atoms with Crippen molar-refractivity contribution in [2.45, 2.75) is 64.2 Å². The van der Waals surface area contributed by atoms with Crippen molar-refractivity contribution in [3.8, 4) is 0 Å². The van der Waals surface area contributed by atoms with E-state index in [9.17, 15) is 24.0 Å². The fourth-order valence-electron chi connectivity index (χ4n) is 2.25. The van der Waals surface area contributed by atoms with Gasteiger partial charge in [0.2, 0.25) is 17.7 Å². The van der Waals surface area contributed by atoms with E-state index < -0.39 is 60.4 Å². The second kappa shape index (κ2) is 12.7. The Kier molecular flexibility index (Phi) is 11.5. The molecule has 3 amide bonds. The highest BCUT2D eigenvalue weighted by atomic mass is 16.4. The number of nitrogens with two attached hydrogens (primary N) is 1. The molecule has 0 radical (unpaired) electrons. The summed E-state index contributed by atoms with van der Waals surface area (Å²) in [6.45, 7) is 4.12. The lowest BCUT2D eigenvalue weighted by molar-refractivity contribution is -0.143. The molecule has 0 fully saturated rings. The highest BCUT2D eigenvalue weighted by molar-refractivity contribution is 5.93. The second-order valence-electron chi connectivity index (χ2n) is 7.04. The molecule has 0 aliphatic heterocycles. The Morgan fingerprint density at radius 1 is 0.862 bits per heavy atom. The summed E-state index contributed by atoms with van der Waals surface area (Å²) >= 11 is 0. The first-order valence-corrected chi connectivity index (χ1v) is 9.11. The first kappa shape index (κ1) is 26.3. The van der Waals surface area contributed by atoms with E-state index in [0.717, 1.165) is 0 Å². The summed E-state index contributed by atoms with van der Waals surface area (Å²) in [6, 6.07) is -4.79. The van der Waals surface area contributed by atoms with Crippen LogP contribution in [-0.2, 0) is 24.0 Å². The van der Waals surface area contributed by atoms with E-state index in [2.05, 4.69) is 16.0 Å². The van der Waals surface area contributed by atoms with Crippen molar-refractivity contribution < 1.29 is 39.3 Å². The van der Waals surface area contributed by atoms with Gasteiger partial charge in [-0.25, -0.2) is 4.79 Å². The molecule has 8 N–H and O–H groups in total. The van der Waals surface area contributed by atoms with Gasteiger partial charge in [-0.2, -0.15) is 0 Å². The Labute approximate surface area is 168 Å². The molecule has 0 aliphatic carbocycles. The molecule has 4 unspecified atom stereocenters. The molecule has 0 saturated carbocycles. The van der Waals surface area contributed by atoms with Gasteiger partial charge in [0.25, 0.3) is 0 Å². The van der Waals surface area contributed by atoms with E-state index in [1.807, 2.05) is 0 Å². The molecule has 0 saturated heterocycles. The van der Waals surface area contributed by atoms with Gasteiger partial charge in [0.1, 0.15) is 18.1 Å². The highest BCUT2D eigenvalue weighted by Gasteiger charge is 2.29. The largest absolute Gasteiger partial charge is 0.481 e. The molecule has 166 valence electrons. The van der Waals surface area contributed by atoms with Gasteiger partial charge in [-0.1, -0.05) is 13.8 Å². The minimum absolute atomic E-state index is 0.0298. The van der Waals surface area contributed by atoms with Crippen LogP contribution in [0.5, 0.6) is 0 Å². The number of aliphatic hydroxyl groups excluding tert-OH is 1. The molecule has 29 heavy (non-hydrogen) atoms. The number of aliphatic carboxylic acids is 2. The average molecular weight is 418 g/mol. The SMILES string of the molecule is CC(C)CC(NC(=O)C(C)NC(=O)C(N)CCC(=O)O)C(=O)NC(CO)C(=O)O. The summed E-state index contributed by atoms with van der Waals surface area (Å²) < 4.78 is 0. The van der Waals surface area contributed by atoms with Crippen LogP contribution in [0.15, 0.2) is 0 Å². The maximum absolute atomic E-state index is 12.3. The van der Waals surface area contributed by atoms with E-state index in [1.54, 1.807) is 13.8 Å². The standard InChI is InChI=1S/C17H30N4O8/c1-8(2)6-11(16(27)21-12(7-22)17(28)29)20-14(25)9(3)19-15(26)10(18)4-5-13(23)24/h8-12,22H,4-7,18H2,1-3H3,(H,19,26)(H,20,25)(H,21,27)(H,23,24)(H,28,29). The van der Waals surface area contributed by atoms with Gasteiger partial charge in [-0.15, -0.1) is 0 Å². The molecule has 12 nitrogen and oxygen atoms in total. The van der Waals surface area contributed by atoms with Crippen LogP contribution in [0, 0.1) is 5.92 Å². The van der Waals surface area contributed by atoms with Crippen molar-refractivity contribution in [1.29, 1.82) is 0 Å². The molecule has 0 rings (SSSR count). The Morgan fingerprint density at radius 3 is 1.86 bits per heavy atom. The summed E-state index contributed by atoms with van der Waals surface area (Å²) in [6.07, 6.45) is -0.221. The third-order valence-corrected chi connectivity index (χ3v) is 3.90. The first-order valence-electron chi connectivity index (χ1n) is 9.11. The number of aliphatic hydroxyl groups is 1. The molecule has 12 heteroatoms. The topological polar surface area (TPSA) is 208 Å². The summed E-state index contributed by atoms with van der Waals surface area (Å²) in [7, 11) is 0. The monoisotopic (exact) mass is 418 g/mol. The van der Waals surface area contributed by atoms with E-state index in [4.69, 9.17) is 21.1 Å². The minimum Gasteiger partial charge on any atom is -0.481 e. The molecular weight excluding hydrogens is 388 g/mol. The number of carbonyl (C=O) groups excluding carboxylic acids is 3. The van der Waals surface area contributed by atoms with Crippen LogP contribution in [0.2, 0.25) is 0 Å². The smallest absolute Gasteiger partial charge is 0.328 e. The summed E-state index contributed by atoms with van der Waals surface area (Å²) in [5.41, 5.74) is 5.58. The van der Waals surface area contributed by atoms with Crippen LogP contribution < -0.4 is 21.7 Å². The van der Waals surface area contributed by atoms with Crippen LogP contribution in [0.3, 0.4) is 0 Å². The number of amides is 3. The van der Waals surface area contributed by atoms with Crippen molar-refractivity contribution >= 4 is 29.7 Å². The molecule has 0 aromatic rings. The first-order chi connectivity index (χ1) is 13.4. The van der Waals surface area contributed by atoms with Crippen molar-refractivity contribution in [2.24, 2.45) is 11.7 Å². The quantitative estimate of drug-likeness (QED) is 0.172. The van der Waals surface area contributed by atoms with E-state index in [-0.39, 0.29) is 25.2 Å². The zero-order chi connectivity index (χ0) is 22.7. The van der Waals surface area contributed by atoms with E-state index in [0.29, 0.717) is 0 Å². The van der Waals surface area contributed by atoms with E-state index >= 15 is 0 Å². The summed E-state index contributed by atoms with van der Waals surface area (Å²) in [5.74, 6) is -4.77. The number of carboxylic acid groups (broad SMARTS) is 2. The lowest BCUT2D eigenvalue weighted by Crippen LogP contribution is -2.57. The predicted octanol–water partition coefficient (Wildman–Crippen LogP) is -2.22. The fraction of sp³-hybridized carbons (Fsp3) is 0.706. The molecule has 0 spiro atoms. The lowest BCUT2D eigenvalue weighted by Gasteiger charge is -2.24. The van der Waals surface area contributed by atoms with Crippen molar-refractivity contribution in [2.75, 3.05) is 6.61 Å². The van der Waals surface area contributed by atoms with Gasteiger partial charge in [0.15, 0.2) is 0 Å². The highest BCUT2D eigenvalue weighted by Crippen LogP contribution is 2.06. The van der Waals surface area contributed by atoms with Crippen LogP contribution in [0.25, 0.3) is 0 Å². The zero-order valence-electron chi connectivity index (χ0n) is 16.7. The number of hydrogen-bond acceptors (Lipinski definition) is 7. The number of hydrogen-bond donors (Lipinski definition) is 7. The summed E-state index contributed by atoms with van der Waals surface area (Å²) in [5, 5.41) is 33.5. The lowest BCUT2D eigenvalue weighted by atomic mass is 10.0. The van der Waals surface area contributed by atoms with Crippen LogP contribution in [0.1, 0.15) is 40.0 Å². The van der Waals surface area contributed by atoms with Crippen molar-refractivity contribution in [3.63, 3.8) is 0 Å². The van der Waals surface area contributed by atoms with Crippen LogP contribution in [-0.4, -0.2) is 75.8 Å². The molecular formula is C17H30N4O8. The summed E-state index contributed by atoms with van der Waals surface area (Å²) in [4.78, 5) is 58.1. The molecule has 0 aromatic heterocycles. The third kappa shape index (κ3) is 10.4. The number of nitrogens with one attached hydrogen (secondary N) is 3. The Bertz CT molecular complexity index is 610. The maximum atomic E-state index is 12.3. The van der Waals surface area contributed by atoms with Crippen LogP contribution in [0.4, 0.5) is 0 Å². The van der Waals surface area contributed by atoms with E-state index in [1.165, 1.54) is 6.92 Å². The Balaban J connectivity index is 4.95. The third-order valence-electron chi connectivity index (χ3n) is 3.90. The van der Waals surface area contributed by atoms with Crippen molar-refractivity contribution in [1.82, 2.24) is 16.0 Å². The number of carboxylic acids is 2. The second-order valence-corrected chi connectivity index (χ2v) is 7.04. The Hall–Kier alpha value is -2.73. The number of rotatable bonds is 13. The molecule has 0 aromatic carbocycles. The van der Waals surface area contributed by atoms with Gasteiger partial charge >= 0.3 is 11.9 Å². The normalized spacial score (nSPS) is 15.0. The van der Waals surface area contributed by atoms with Crippen LogP contribution >= 0.6 is 0 Å².